The van der Waals surface area contributed by atoms with Crippen molar-refractivity contribution in [3.63, 3.8) is 0 Å². The van der Waals surface area contributed by atoms with Crippen molar-refractivity contribution in [2.75, 3.05) is 11.9 Å². The highest BCUT2D eigenvalue weighted by Crippen LogP contribution is 2.39. The molecule has 0 saturated carbocycles. The molecule has 4 rings (SSSR count). The monoisotopic (exact) mass is 457 g/mol. The predicted molar refractivity (Wildman–Crippen MR) is 136 cm³/mol. The number of para-hydroxylation sites is 1. The average molecular weight is 458 g/mol. The van der Waals surface area contributed by atoms with E-state index in [2.05, 4.69) is 50.4 Å². The number of Topliss-reactive ketones (excluding diaryl/α,β-unsaturated/α-hetero) is 2. The molecule has 1 heterocycles. The Bertz CT molecular complexity index is 1090. The quantitative estimate of drug-likeness (QED) is 0.428. The van der Waals surface area contributed by atoms with Gasteiger partial charge in [-0.15, -0.1) is 0 Å². The third-order valence-corrected chi connectivity index (χ3v) is 11.6. The van der Waals surface area contributed by atoms with Gasteiger partial charge in [-0.3, -0.25) is 9.59 Å². The second-order valence-corrected chi connectivity index (χ2v) is 14.2. The number of hydrogen-bond donors (Lipinski definition) is 1. The van der Waals surface area contributed by atoms with Crippen molar-refractivity contribution in [3.05, 3.63) is 90.5 Å². The minimum absolute atomic E-state index is 0.118. The molecule has 1 atom stereocenters. The number of ketones is 2. The topological polar surface area (TPSA) is 55.4 Å². The summed E-state index contributed by atoms with van der Waals surface area (Å²) in [5.41, 5.74) is 0.805. The number of hydrogen-bond acceptors (Lipinski definition) is 4. The molecule has 0 aromatic heterocycles. The predicted octanol–water partition coefficient (Wildman–Crippen LogP) is 4.13. The van der Waals surface area contributed by atoms with Crippen LogP contribution in [0.4, 0.5) is 5.69 Å². The molecule has 1 aliphatic heterocycles. The van der Waals surface area contributed by atoms with Crippen molar-refractivity contribution in [1.82, 2.24) is 0 Å². The molecule has 0 spiro atoms. The summed E-state index contributed by atoms with van der Waals surface area (Å²) in [7, 11) is -2.85. The van der Waals surface area contributed by atoms with E-state index >= 15 is 0 Å². The maximum atomic E-state index is 13.3. The summed E-state index contributed by atoms with van der Waals surface area (Å²) in [5, 5.41) is 5.45. The van der Waals surface area contributed by atoms with Gasteiger partial charge in [0.25, 0.3) is 8.32 Å². The fourth-order valence-electron chi connectivity index (χ4n) is 5.04. The lowest BCUT2D eigenvalue weighted by Gasteiger charge is -2.44. The largest absolute Gasteiger partial charge is 0.405 e. The fraction of sp³-hybridized carbons (Fsp3) is 0.286. The first kappa shape index (κ1) is 23.1. The molecule has 33 heavy (non-hydrogen) atoms. The van der Waals surface area contributed by atoms with Crippen LogP contribution in [0.2, 0.25) is 5.04 Å². The Morgan fingerprint density at radius 2 is 1.39 bits per heavy atom. The van der Waals surface area contributed by atoms with E-state index in [-0.39, 0.29) is 11.6 Å². The van der Waals surface area contributed by atoms with Gasteiger partial charge >= 0.3 is 0 Å². The minimum Gasteiger partial charge on any atom is -0.405 e. The van der Waals surface area contributed by atoms with Crippen molar-refractivity contribution in [1.29, 1.82) is 0 Å². The number of nitrogens with one attached hydrogen (secondary N) is 1. The van der Waals surface area contributed by atoms with E-state index in [0.717, 1.165) is 21.6 Å². The minimum atomic E-state index is -2.85. The molecular formula is C28H31NO3Si. The molecule has 170 valence electrons. The van der Waals surface area contributed by atoms with E-state index in [1.807, 2.05) is 60.7 Å². The molecule has 3 aromatic carbocycles. The molecule has 0 bridgehead atoms. The third-order valence-electron chi connectivity index (χ3n) is 6.59. The van der Waals surface area contributed by atoms with Crippen LogP contribution < -0.4 is 15.7 Å². The Hall–Kier alpha value is -3.02. The van der Waals surface area contributed by atoms with E-state index in [1.165, 1.54) is 6.92 Å². The fourth-order valence-corrected chi connectivity index (χ4v) is 9.66. The summed E-state index contributed by atoms with van der Waals surface area (Å²) in [6.07, 6.45) is 0.430. The van der Waals surface area contributed by atoms with Crippen molar-refractivity contribution in [2.45, 2.75) is 44.7 Å². The standard InChI is InChI=1S/C28H31NO3Si/c1-21(30)26(31)28(19-22-13-11-12-18-25(22)29-28)20-32-33(27(2,3)4,23-14-7-5-8-15-23)24-16-9-6-10-17-24/h5-18,29H,19-20H2,1-4H3/t28-/m0/s1. The van der Waals surface area contributed by atoms with Crippen LogP contribution in [-0.2, 0) is 20.4 Å². The first-order chi connectivity index (χ1) is 15.7. The first-order valence-corrected chi connectivity index (χ1v) is 13.3. The zero-order valence-electron chi connectivity index (χ0n) is 19.7. The zero-order valence-corrected chi connectivity index (χ0v) is 20.7. The van der Waals surface area contributed by atoms with Gasteiger partial charge in [0.2, 0.25) is 5.78 Å². The molecule has 0 radical (unpaired) electrons. The molecule has 3 aromatic rings. The number of fused-ring (bicyclic) bond motifs is 1. The van der Waals surface area contributed by atoms with Crippen LogP contribution in [-0.4, -0.2) is 32.0 Å². The SMILES string of the molecule is CC(=O)C(=O)[C@@]1(CO[Si](c2ccccc2)(c2ccccc2)C(C)(C)C)Cc2ccccc2N1. The lowest BCUT2D eigenvalue weighted by atomic mass is 9.89. The average Bonchev–Trinajstić information content (AvgIpc) is 3.19. The number of carbonyl (C=O) groups is 2. The van der Waals surface area contributed by atoms with Crippen molar-refractivity contribution < 1.29 is 14.0 Å². The molecule has 1 N–H and O–H groups in total. The maximum Gasteiger partial charge on any atom is 0.261 e. The first-order valence-electron chi connectivity index (χ1n) is 11.4. The molecule has 5 heteroatoms. The van der Waals surface area contributed by atoms with Crippen LogP contribution in [0.15, 0.2) is 84.9 Å². The van der Waals surface area contributed by atoms with E-state index < -0.39 is 25.4 Å². The summed E-state index contributed by atoms with van der Waals surface area (Å²) >= 11 is 0. The Kier molecular flexibility index (Phi) is 6.12. The van der Waals surface area contributed by atoms with Crippen LogP contribution in [0.5, 0.6) is 0 Å². The maximum absolute atomic E-state index is 13.3. The number of rotatable bonds is 7. The molecule has 0 unspecified atom stereocenters. The van der Waals surface area contributed by atoms with Crippen molar-refractivity contribution >= 4 is 35.9 Å². The normalized spacial score (nSPS) is 17.8. The lowest BCUT2D eigenvalue weighted by molar-refractivity contribution is -0.138. The second-order valence-electron chi connectivity index (χ2n) is 9.88. The Balaban J connectivity index is 1.83. The van der Waals surface area contributed by atoms with Gasteiger partial charge in [-0.25, -0.2) is 0 Å². The molecule has 0 aliphatic carbocycles. The highest BCUT2D eigenvalue weighted by atomic mass is 28.4. The number of benzene rings is 3. The molecule has 1 aliphatic rings. The second kappa shape index (κ2) is 8.73. The Labute approximate surface area is 197 Å². The smallest absolute Gasteiger partial charge is 0.261 e. The highest BCUT2D eigenvalue weighted by molar-refractivity contribution is 6.99. The summed E-state index contributed by atoms with van der Waals surface area (Å²) in [6, 6.07) is 28.5. The molecule has 0 amide bonds. The van der Waals surface area contributed by atoms with Gasteiger partial charge < -0.3 is 9.74 Å². The third kappa shape index (κ3) is 4.07. The summed E-state index contributed by atoms with van der Waals surface area (Å²) < 4.78 is 7.06. The van der Waals surface area contributed by atoms with Gasteiger partial charge in [-0.2, -0.15) is 0 Å². The number of anilines is 1. The van der Waals surface area contributed by atoms with Gasteiger partial charge in [-0.05, 0) is 27.0 Å². The van der Waals surface area contributed by atoms with Crippen LogP contribution in [0.25, 0.3) is 0 Å². The summed E-state index contributed by atoms with van der Waals surface area (Å²) in [5.74, 6) is -0.891. The van der Waals surface area contributed by atoms with Gasteiger partial charge in [0.05, 0.1) is 6.61 Å². The Morgan fingerprint density at radius 3 is 1.88 bits per heavy atom. The molecule has 0 fully saturated rings. The van der Waals surface area contributed by atoms with Gasteiger partial charge in [0.1, 0.15) is 5.54 Å². The lowest BCUT2D eigenvalue weighted by Crippen LogP contribution is -2.68. The van der Waals surface area contributed by atoms with E-state index in [0.29, 0.717) is 6.42 Å². The summed E-state index contributed by atoms with van der Waals surface area (Å²) in [4.78, 5) is 25.6. The van der Waals surface area contributed by atoms with Gasteiger partial charge in [-0.1, -0.05) is 99.6 Å². The van der Waals surface area contributed by atoms with Crippen LogP contribution in [0, 0.1) is 0 Å². The molecule has 4 nitrogen and oxygen atoms in total. The number of carbonyl (C=O) groups excluding carboxylic acids is 2. The Morgan fingerprint density at radius 1 is 0.879 bits per heavy atom. The highest BCUT2D eigenvalue weighted by Gasteiger charge is 2.53. The van der Waals surface area contributed by atoms with Crippen molar-refractivity contribution in [2.24, 2.45) is 0 Å². The van der Waals surface area contributed by atoms with E-state index in [1.54, 1.807) is 0 Å². The molecular weight excluding hydrogens is 426 g/mol. The van der Waals surface area contributed by atoms with Gasteiger partial charge in [0.15, 0.2) is 5.78 Å². The van der Waals surface area contributed by atoms with E-state index in [9.17, 15) is 9.59 Å². The van der Waals surface area contributed by atoms with Crippen molar-refractivity contribution in [3.8, 4) is 0 Å². The van der Waals surface area contributed by atoms with Gasteiger partial charge in [0, 0.05) is 19.0 Å². The molecule has 0 saturated heterocycles. The van der Waals surface area contributed by atoms with Crippen LogP contribution >= 0.6 is 0 Å². The van der Waals surface area contributed by atoms with Crippen LogP contribution in [0.1, 0.15) is 33.3 Å². The van der Waals surface area contributed by atoms with E-state index in [4.69, 9.17) is 4.43 Å². The zero-order chi connectivity index (χ0) is 23.7. The summed E-state index contributed by atoms with van der Waals surface area (Å²) in [6.45, 7) is 8.07. The van der Waals surface area contributed by atoms with Crippen LogP contribution in [0.3, 0.4) is 0 Å².